The summed E-state index contributed by atoms with van der Waals surface area (Å²) in [4.78, 5) is 29.3. The van der Waals surface area contributed by atoms with E-state index in [1.54, 1.807) is 36.3 Å². The molecule has 0 aliphatic carbocycles. The lowest BCUT2D eigenvalue weighted by Crippen LogP contribution is -2.49. The van der Waals surface area contributed by atoms with Crippen molar-refractivity contribution in [1.82, 2.24) is 9.80 Å². The highest BCUT2D eigenvalue weighted by Crippen LogP contribution is 2.27. The summed E-state index contributed by atoms with van der Waals surface area (Å²) >= 11 is 4.52. The van der Waals surface area contributed by atoms with E-state index in [-0.39, 0.29) is 23.1 Å². The highest BCUT2D eigenvalue weighted by Gasteiger charge is 2.40. The van der Waals surface area contributed by atoms with Crippen LogP contribution in [0.25, 0.3) is 0 Å². The van der Waals surface area contributed by atoms with Crippen LogP contribution in [0.4, 0.5) is 0 Å². The quantitative estimate of drug-likeness (QED) is 0.852. The third kappa shape index (κ3) is 3.53. The molecule has 0 bridgehead atoms. The molecule has 0 N–H and O–H groups in total. The van der Waals surface area contributed by atoms with Gasteiger partial charge in [0, 0.05) is 30.4 Å². The summed E-state index contributed by atoms with van der Waals surface area (Å²) in [5, 5.41) is 0.0472. The summed E-state index contributed by atoms with van der Waals surface area (Å²) < 4.78 is 5.13. The summed E-state index contributed by atoms with van der Waals surface area (Å²) in [7, 11) is 1.59. The average Bonchev–Trinajstić information content (AvgIpc) is 3.03. The van der Waals surface area contributed by atoms with Crippen LogP contribution in [0.1, 0.15) is 36.0 Å². The maximum Gasteiger partial charge on any atom is 0.254 e. The molecule has 2 aliphatic rings. The molecule has 2 aliphatic heterocycles. The summed E-state index contributed by atoms with van der Waals surface area (Å²) in [5.41, 5.74) is 0.578. The Labute approximate surface area is 148 Å². The number of methoxy groups -OCH3 is 1. The van der Waals surface area contributed by atoms with Crippen molar-refractivity contribution < 1.29 is 14.3 Å². The molecule has 2 amide bonds. The average molecular weight is 348 g/mol. The predicted molar refractivity (Wildman–Crippen MR) is 95.6 cm³/mol. The van der Waals surface area contributed by atoms with Gasteiger partial charge in [-0.15, -0.1) is 0 Å². The number of benzene rings is 1. The first-order chi connectivity index (χ1) is 11.6. The smallest absolute Gasteiger partial charge is 0.254 e. The summed E-state index contributed by atoms with van der Waals surface area (Å²) in [6, 6.07) is 6.64. The highest BCUT2D eigenvalue weighted by molar-refractivity contribution is 7.81. The molecule has 3 rings (SSSR count). The van der Waals surface area contributed by atoms with E-state index in [1.165, 1.54) is 6.42 Å². The number of carbonyl (C=O) groups is 2. The monoisotopic (exact) mass is 348 g/mol. The number of likely N-dealkylation sites (tertiary alicyclic amines) is 2. The van der Waals surface area contributed by atoms with Crippen molar-refractivity contribution in [2.75, 3.05) is 26.7 Å². The Balaban J connectivity index is 1.76. The number of piperidine rings is 1. The minimum absolute atomic E-state index is 0.0472. The largest absolute Gasteiger partial charge is 0.497 e. The lowest BCUT2D eigenvalue weighted by Gasteiger charge is -2.32. The first-order valence-corrected chi connectivity index (χ1v) is 9.03. The molecule has 2 saturated heterocycles. The molecule has 1 aromatic carbocycles. The van der Waals surface area contributed by atoms with Crippen molar-refractivity contribution in [2.24, 2.45) is 0 Å². The summed E-state index contributed by atoms with van der Waals surface area (Å²) in [6.45, 7) is 2.12. The Bertz CT molecular complexity index is 599. The van der Waals surface area contributed by atoms with Crippen LogP contribution in [0.15, 0.2) is 24.3 Å². The van der Waals surface area contributed by atoms with Gasteiger partial charge >= 0.3 is 0 Å². The van der Waals surface area contributed by atoms with Gasteiger partial charge in [0.2, 0.25) is 5.91 Å². The first-order valence-electron chi connectivity index (χ1n) is 8.52. The number of nitrogens with zero attached hydrogens (tertiary/aromatic N) is 2. The van der Waals surface area contributed by atoms with Crippen LogP contribution in [-0.2, 0) is 4.79 Å². The van der Waals surface area contributed by atoms with Gasteiger partial charge in [-0.05, 0) is 49.9 Å². The number of amides is 2. The van der Waals surface area contributed by atoms with Gasteiger partial charge in [-0.2, -0.15) is 12.6 Å². The van der Waals surface area contributed by atoms with Crippen molar-refractivity contribution in [2.45, 2.75) is 37.0 Å². The fourth-order valence-electron chi connectivity index (χ4n) is 3.50. The molecule has 2 fully saturated rings. The fourth-order valence-corrected chi connectivity index (χ4v) is 3.87. The van der Waals surface area contributed by atoms with Crippen LogP contribution >= 0.6 is 12.6 Å². The first kappa shape index (κ1) is 17.1. The van der Waals surface area contributed by atoms with Crippen LogP contribution in [0.3, 0.4) is 0 Å². The van der Waals surface area contributed by atoms with Gasteiger partial charge < -0.3 is 14.5 Å². The molecule has 0 aromatic heterocycles. The Hall–Kier alpha value is -1.69. The Morgan fingerprint density at radius 1 is 1.12 bits per heavy atom. The van der Waals surface area contributed by atoms with E-state index in [4.69, 9.17) is 4.74 Å². The lowest BCUT2D eigenvalue weighted by molar-refractivity contribution is -0.136. The van der Waals surface area contributed by atoms with Gasteiger partial charge in [-0.1, -0.05) is 0 Å². The Kier molecular flexibility index (Phi) is 5.33. The molecular weight excluding hydrogens is 324 g/mol. The van der Waals surface area contributed by atoms with Crippen molar-refractivity contribution >= 4 is 24.4 Å². The molecule has 2 unspecified atom stereocenters. The number of thiol groups is 1. The fraction of sp³-hybridized carbons (Fsp3) is 0.556. The minimum atomic E-state index is -0.389. The molecule has 0 saturated carbocycles. The maximum atomic E-state index is 12.9. The van der Waals surface area contributed by atoms with Gasteiger partial charge in [0.1, 0.15) is 11.8 Å². The third-order valence-corrected chi connectivity index (χ3v) is 5.20. The van der Waals surface area contributed by atoms with Gasteiger partial charge in [0.25, 0.3) is 5.91 Å². The molecular formula is C18H24N2O3S. The second kappa shape index (κ2) is 7.47. The lowest BCUT2D eigenvalue weighted by atomic mass is 10.1. The van der Waals surface area contributed by atoms with Crippen LogP contribution in [-0.4, -0.2) is 59.7 Å². The Morgan fingerprint density at radius 2 is 1.79 bits per heavy atom. The van der Waals surface area contributed by atoms with Gasteiger partial charge in [0.15, 0.2) is 0 Å². The van der Waals surface area contributed by atoms with Crippen molar-refractivity contribution in [1.29, 1.82) is 0 Å². The van der Waals surface area contributed by atoms with Crippen LogP contribution in [0, 0.1) is 0 Å². The van der Waals surface area contributed by atoms with Crippen molar-refractivity contribution in [3.05, 3.63) is 29.8 Å². The number of hydrogen-bond acceptors (Lipinski definition) is 4. The predicted octanol–water partition coefficient (Wildman–Crippen LogP) is 2.22. The number of ether oxygens (including phenoxy) is 1. The van der Waals surface area contributed by atoms with Gasteiger partial charge in [0.05, 0.1) is 7.11 Å². The van der Waals surface area contributed by atoms with Gasteiger partial charge in [-0.3, -0.25) is 9.59 Å². The highest BCUT2D eigenvalue weighted by atomic mass is 32.1. The molecule has 2 atom stereocenters. The minimum Gasteiger partial charge on any atom is -0.497 e. The van der Waals surface area contributed by atoms with Crippen LogP contribution < -0.4 is 4.74 Å². The van der Waals surface area contributed by atoms with E-state index in [9.17, 15) is 9.59 Å². The second-order valence-corrected chi connectivity index (χ2v) is 7.21. The van der Waals surface area contributed by atoms with E-state index in [1.807, 2.05) is 4.90 Å². The third-order valence-electron chi connectivity index (χ3n) is 4.83. The topological polar surface area (TPSA) is 49.9 Å². The molecule has 0 radical (unpaired) electrons. The van der Waals surface area contributed by atoms with Crippen molar-refractivity contribution in [3.8, 4) is 5.75 Å². The maximum absolute atomic E-state index is 12.9. The Morgan fingerprint density at radius 3 is 2.42 bits per heavy atom. The number of carbonyl (C=O) groups excluding carboxylic acids is 2. The van der Waals surface area contributed by atoms with E-state index < -0.39 is 0 Å². The standard InChI is InChI=1S/C18H24N2O3S/c1-23-14-7-5-13(6-8-14)17(21)20-12-15(24)11-16(20)18(22)19-9-3-2-4-10-19/h5-8,15-16,24H,2-4,9-12H2,1H3. The normalized spacial score (nSPS) is 24.1. The zero-order valence-electron chi connectivity index (χ0n) is 14.0. The molecule has 1 aromatic rings. The van der Waals surface area contributed by atoms with Gasteiger partial charge in [-0.25, -0.2) is 0 Å². The zero-order chi connectivity index (χ0) is 17.1. The molecule has 0 spiro atoms. The van der Waals surface area contributed by atoms with E-state index >= 15 is 0 Å². The van der Waals surface area contributed by atoms with E-state index in [0.29, 0.717) is 24.3 Å². The van der Waals surface area contributed by atoms with E-state index in [0.717, 1.165) is 25.9 Å². The van der Waals surface area contributed by atoms with Crippen LogP contribution in [0.5, 0.6) is 5.75 Å². The zero-order valence-corrected chi connectivity index (χ0v) is 14.9. The molecule has 24 heavy (non-hydrogen) atoms. The molecule has 6 heteroatoms. The second-order valence-electron chi connectivity index (χ2n) is 6.48. The molecule has 130 valence electrons. The van der Waals surface area contributed by atoms with Crippen LogP contribution in [0.2, 0.25) is 0 Å². The summed E-state index contributed by atoms with van der Waals surface area (Å²) in [5.74, 6) is 0.679. The molecule has 5 nitrogen and oxygen atoms in total. The van der Waals surface area contributed by atoms with E-state index in [2.05, 4.69) is 12.6 Å². The number of rotatable bonds is 3. The number of hydrogen-bond donors (Lipinski definition) is 1. The SMILES string of the molecule is COc1ccc(C(=O)N2CC(S)CC2C(=O)N2CCCCC2)cc1. The summed E-state index contributed by atoms with van der Waals surface area (Å²) in [6.07, 6.45) is 3.91. The molecule has 2 heterocycles. The van der Waals surface area contributed by atoms with Crippen molar-refractivity contribution in [3.63, 3.8) is 0 Å².